The fourth-order valence-electron chi connectivity index (χ4n) is 3.57. The number of guanidine groups is 1. The summed E-state index contributed by atoms with van der Waals surface area (Å²) in [5, 5.41) is 9.03. The van der Waals surface area contributed by atoms with Gasteiger partial charge in [-0.25, -0.2) is 0 Å². The van der Waals surface area contributed by atoms with Crippen LogP contribution in [0.2, 0.25) is 0 Å². The lowest BCUT2D eigenvalue weighted by Crippen LogP contribution is -2.45. The smallest absolute Gasteiger partial charge is 0.191 e. The topological polar surface area (TPSA) is 58.1 Å². The first-order chi connectivity index (χ1) is 14.2. The van der Waals surface area contributed by atoms with Gasteiger partial charge in [0, 0.05) is 18.5 Å². The molecule has 1 aliphatic rings. The van der Waals surface area contributed by atoms with Crippen molar-refractivity contribution in [2.45, 2.75) is 31.9 Å². The molecular formula is C22H33IN4O2S. The zero-order valence-electron chi connectivity index (χ0n) is 18.0. The second kappa shape index (κ2) is 13.0. The lowest BCUT2D eigenvalue weighted by molar-refractivity contribution is 0.213. The molecule has 1 aromatic carbocycles. The molecule has 1 fully saturated rings. The summed E-state index contributed by atoms with van der Waals surface area (Å²) in [4.78, 5) is 8.35. The molecule has 6 nitrogen and oxygen atoms in total. The molecule has 2 heterocycles. The van der Waals surface area contributed by atoms with Gasteiger partial charge in [-0.3, -0.25) is 9.89 Å². The maximum absolute atomic E-state index is 6.02. The van der Waals surface area contributed by atoms with Gasteiger partial charge in [0.1, 0.15) is 6.10 Å². The van der Waals surface area contributed by atoms with Crippen LogP contribution in [0, 0.1) is 0 Å². The number of para-hydroxylation sites is 2. The van der Waals surface area contributed by atoms with Crippen LogP contribution in [0.4, 0.5) is 0 Å². The van der Waals surface area contributed by atoms with E-state index in [4.69, 9.17) is 9.47 Å². The highest BCUT2D eigenvalue weighted by Crippen LogP contribution is 2.28. The number of nitrogens with one attached hydrogen (secondary N) is 2. The Balaban J connectivity index is 0.00000320. The van der Waals surface area contributed by atoms with Crippen molar-refractivity contribution < 1.29 is 9.47 Å². The first-order valence-corrected chi connectivity index (χ1v) is 11.1. The average molecular weight is 545 g/mol. The van der Waals surface area contributed by atoms with Gasteiger partial charge >= 0.3 is 0 Å². The van der Waals surface area contributed by atoms with Gasteiger partial charge in [0.2, 0.25) is 0 Å². The van der Waals surface area contributed by atoms with E-state index in [9.17, 15) is 0 Å². The van der Waals surface area contributed by atoms with Crippen LogP contribution in [0.15, 0.2) is 46.8 Å². The van der Waals surface area contributed by atoms with Crippen molar-refractivity contribution in [3.63, 3.8) is 0 Å². The Kier molecular flexibility index (Phi) is 10.7. The molecule has 0 aliphatic carbocycles. The lowest BCUT2D eigenvalue weighted by Gasteiger charge is -2.28. The van der Waals surface area contributed by atoms with Crippen molar-refractivity contribution >= 4 is 41.3 Å². The number of benzene rings is 1. The number of nitrogens with zero attached hydrogens (tertiary/aromatic N) is 2. The Morgan fingerprint density at radius 2 is 1.80 bits per heavy atom. The maximum Gasteiger partial charge on any atom is 0.191 e. The SMILES string of the molecule is CN=C(NCC(C)Oc1ccccc1OC)NCC(c1cccs1)N1CCCC1.I. The normalized spacial score (nSPS) is 16.4. The highest BCUT2D eigenvalue weighted by atomic mass is 127. The summed E-state index contributed by atoms with van der Waals surface area (Å²) in [5.41, 5.74) is 0. The summed E-state index contributed by atoms with van der Waals surface area (Å²) < 4.78 is 11.4. The molecule has 0 radical (unpaired) electrons. The summed E-state index contributed by atoms with van der Waals surface area (Å²) in [7, 11) is 3.46. The molecule has 1 aliphatic heterocycles. The Morgan fingerprint density at radius 3 is 2.43 bits per heavy atom. The lowest BCUT2D eigenvalue weighted by atomic mass is 10.2. The van der Waals surface area contributed by atoms with Gasteiger partial charge in [-0.05, 0) is 56.4 Å². The number of likely N-dealkylation sites (tertiary alicyclic amines) is 1. The molecule has 3 rings (SSSR count). The molecule has 2 atom stereocenters. The number of methoxy groups -OCH3 is 1. The minimum Gasteiger partial charge on any atom is -0.493 e. The Hall–Kier alpha value is -1.52. The largest absolute Gasteiger partial charge is 0.493 e. The highest BCUT2D eigenvalue weighted by Gasteiger charge is 2.24. The molecule has 30 heavy (non-hydrogen) atoms. The summed E-state index contributed by atoms with van der Waals surface area (Å²) >= 11 is 1.83. The number of rotatable bonds is 9. The molecule has 2 aromatic rings. The number of aliphatic imine (C=N–C) groups is 1. The van der Waals surface area contributed by atoms with Crippen LogP contribution in [-0.2, 0) is 0 Å². The van der Waals surface area contributed by atoms with Crippen LogP contribution in [-0.4, -0.2) is 57.3 Å². The number of ether oxygens (including phenoxy) is 2. The highest BCUT2D eigenvalue weighted by molar-refractivity contribution is 14.0. The predicted octanol–water partition coefficient (Wildman–Crippen LogP) is 4.14. The van der Waals surface area contributed by atoms with Gasteiger partial charge in [0.25, 0.3) is 0 Å². The standard InChI is InChI=1S/C22H32N4O2S.HI/c1-17(28-20-10-5-4-9-19(20)27-3)15-24-22(23-2)25-16-18(21-11-8-14-29-21)26-12-6-7-13-26;/h4-5,8-11,14,17-18H,6-7,12-13,15-16H2,1-3H3,(H2,23,24,25);1H. The van der Waals surface area contributed by atoms with Gasteiger partial charge < -0.3 is 20.1 Å². The number of thiophene rings is 1. The van der Waals surface area contributed by atoms with Crippen molar-refractivity contribution in [3.05, 3.63) is 46.7 Å². The molecule has 166 valence electrons. The van der Waals surface area contributed by atoms with E-state index < -0.39 is 0 Å². The summed E-state index contributed by atoms with van der Waals surface area (Å²) in [6.45, 7) is 5.85. The van der Waals surface area contributed by atoms with Crippen LogP contribution < -0.4 is 20.1 Å². The third kappa shape index (κ3) is 7.02. The number of hydrogen-bond acceptors (Lipinski definition) is 5. The molecule has 0 bridgehead atoms. The molecule has 2 N–H and O–H groups in total. The molecule has 8 heteroatoms. The van der Waals surface area contributed by atoms with Crippen molar-refractivity contribution in [2.75, 3.05) is 40.3 Å². The van der Waals surface area contributed by atoms with E-state index in [1.807, 2.05) is 42.5 Å². The third-order valence-electron chi connectivity index (χ3n) is 5.09. The molecule has 1 saturated heterocycles. The fraction of sp³-hybridized carbons (Fsp3) is 0.500. The molecular weight excluding hydrogens is 511 g/mol. The van der Waals surface area contributed by atoms with Crippen molar-refractivity contribution in [2.24, 2.45) is 4.99 Å². The summed E-state index contributed by atoms with van der Waals surface area (Å²) in [5.74, 6) is 2.28. The van der Waals surface area contributed by atoms with E-state index in [-0.39, 0.29) is 30.1 Å². The summed E-state index contributed by atoms with van der Waals surface area (Å²) in [6, 6.07) is 12.5. The molecule has 1 aromatic heterocycles. The predicted molar refractivity (Wildman–Crippen MR) is 136 cm³/mol. The quantitative estimate of drug-likeness (QED) is 0.283. The minimum absolute atomic E-state index is 0. The first-order valence-electron chi connectivity index (χ1n) is 10.2. The van der Waals surface area contributed by atoms with Gasteiger partial charge in [0.05, 0.1) is 19.7 Å². The third-order valence-corrected chi connectivity index (χ3v) is 6.07. The monoisotopic (exact) mass is 544 g/mol. The molecule has 2 unspecified atom stereocenters. The van der Waals surface area contributed by atoms with Crippen LogP contribution in [0.5, 0.6) is 11.5 Å². The van der Waals surface area contributed by atoms with E-state index in [1.54, 1.807) is 14.2 Å². The van der Waals surface area contributed by atoms with Crippen LogP contribution in [0.1, 0.15) is 30.7 Å². The van der Waals surface area contributed by atoms with E-state index in [0.717, 1.165) is 24.0 Å². The van der Waals surface area contributed by atoms with Crippen LogP contribution >= 0.6 is 35.3 Å². The Bertz CT molecular complexity index is 766. The second-order valence-electron chi connectivity index (χ2n) is 7.19. The van der Waals surface area contributed by atoms with E-state index in [2.05, 4.69) is 38.0 Å². The van der Waals surface area contributed by atoms with Crippen molar-refractivity contribution in [1.29, 1.82) is 0 Å². The van der Waals surface area contributed by atoms with Gasteiger partial charge in [-0.2, -0.15) is 0 Å². The first kappa shape index (κ1) is 24.7. The van der Waals surface area contributed by atoms with Crippen LogP contribution in [0.3, 0.4) is 0 Å². The molecule has 0 amide bonds. The van der Waals surface area contributed by atoms with Gasteiger partial charge in [0.15, 0.2) is 17.5 Å². The Morgan fingerprint density at radius 1 is 1.10 bits per heavy atom. The Labute approximate surface area is 201 Å². The average Bonchev–Trinajstić information content (AvgIpc) is 3.45. The van der Waals surface area contributed by atoms with Gasteiger partial charge in [-0.15, -0.1) is 35.3 Å². The number of hydrogen-bond donors (Lipinski definition) is 2. The van der Waals surface area contributed by atoms with Crippen LogP contribution in [0.25, 0.3) is 0 Å². The van der Waals surface area contributed by atoms with Gasteiger partial charge in [-0.1, -0.05) is 18.2 Å². The van der Waals surface area contributed by atoms with E-state index in [1.165, 1.54) is 30.8 Å². The second-order valence-corrected chi connectivity index (χ2v) is 8.17. The van der Waals surface area contributed by atoms with Crippen molar-refractivity contribution in [3.8, 4) is 11.5 Å². The zero-order valence-corrected chi connectivity index (χ0v) is 21.1. The fourth-order valence-corrected chi connectivity index (χ4v) is 4.43. The molecule has 0 spiro atoms. The van der Waals surface area contributed by atoms with E-state index in [0.29, 0.717) is 12.6 Å². The zero-order chi connectivity index (χ0) is 20.5. The number of halogens is 1. The maximum atomic E-state index is 6.02. The molecule has 0 saturated carbocycles. The summed E-state index contributed by atoms with van der Waals surface area (Å²) in [6.07, 6.45) is 2.54. The minimum atomic E-state index is -0.0310. The van der Waals surface area contributed by atoms with Crippen molar-refractivity contribution in [1.82, 2.24) is 15.5 Å². The van der Waals surface area contributed by atoms with E-state index >= 15 is 0 Å².